The minimum Gasteiger partial charge on any atom is -0.479 e. The van der Waals surface area contributed by atoms with Gasteiger partial charge in [0.1, 0.15) is 0 Å². The third-order valence-corrected chi connectivity index (χ3v) is 3.31. The lowest BCUT2D eigenvalue weighted by atomic mass is 9.85. The Balaban J connectivity index is 2.05. The normalized spacial score (nSPS) is 45.9. The molecule has 1 spiro atoms. The van der Waals surface area contributed by atoms with E-state index in [4.69, 9.17) is 14.6 Å². The Hall–Kier alpha value is -0.610. The van der Waals surface area contributed by atoms with Gasteiger partial charge in [0.25, 0.3) is 0 Å². The van der Waals surface area contributed by atoms with Crippen molar-refractivity contribution in [3.05, 3.63) is 0 Å². The van der Waals surface area contributed by atoms with Gasteiger partial charge in [0.15, 0.2) is 6.10 Å². The number of rotatable bonds is 1. The average Bonchev–Trinajstić information content (AvgIpc) is 2.46. The van der Waals surface area contributed by atoms with Crippen LogP contribution in [0.25, 0.3) is 0 Å². The van der Waals surface area contributed by atoms with Crippen molar-refractivity contribution >= 4 is 5.97 Å². The Morgan fingerprint density at radius 3 is 2.40 bits per heavy atom. The Morgan fingerprint density at radius 1 is 1.33 bits per heavy atom. The van der Waals surface area contributed by atoms with Gasteiger partial charge in [-0.25, -0.2) is 4.79 Å². The van der Waals surface area contributed by atoms with E-state index in [0.717, 1.165) is 19.3 Å². The standard InChI is InChI=1S/C11H18O4/c1-7-5-11(6-8(2)14-7)4-3-9(15-11)10(12)13/h7-9H,3-6H2,1-2H3,(H,12,13). The summed E-state index contributed by atoms with van der Waals surface area (Å²) in [5, 5.41) is 8.90. The van der Waals surface area contributed by atoms with Crippen molar-refractivity contribution in [3.63, 3.8) is 0 Å². The highest BCUT2D eigenvalue weighted by molar-refractivity contribution is 5.72. The molecule has 0 bridgehead atoms. The van der Waals surface area contributed by atoms with Crippen molar-refractivity contribution in [2.45, 2.75) is 63.4 Å². The average molecular weight is 214 g/mol. The van der Waals surface area contributed by atoms with Crippen LogP contribution < -0.4 is 0 Å². The monoisotopic (exact) mass is 214 g/mol. The molecule has 0 aromatic heterocycles. The predicted molar refractivity (Wildman–Crippen MR) is 53.7 cm³/mol. The van der Waals surface area contributed by atoms with Gasteiger partial charge in [-0.05, 0) is 26.7 Å². The zero-order valence-corrected chi connectivity index (χ0v) is 9.23. The molecule has 2 aliphatic rings. The zero-order chi connectivity index (χ0) is 11.1. The molecule has 2 aliphatic heterocycles. The maximum atomic E-state index is 10.8. The number of hydrogen-bond donors (Lipinski definition) is 1. The largest absolute Gasteiger partial charge is 0.479 e. The van der Waals surface area contributed by atoms with E-state index in [1.807, 2.05) is 13.8 Å². The highest BCUT2D eigenvalue weighted by Crippen LogP contribution is 2.42. The topological polar surface area (TPSA) is 55.8 Å². The highest BCUT2D eigenvalue weighted by atomic mass is 16.6. The fourth-order valence-electron chi connectivity index (χ4n) is 2.91. The molecule has 4 nitrogen and oxygen atoms in total. The molecular weight excluding hydrogens is 196 g/mol. The molecule has 86 valence electrons. The van der Waals surface area contributed by atoms with Crippen LogP contribution >= 0.6 is 0 Å². The van der Waals surface area contributed by atoms with Crippen LogP contribution in [0, 0.1) is 0 Å². The first-order valence-electron chi connectivity index (χ1n) is 5.57. The Labute approximate surface area is 89.6 Å². The Morgan fingerprint density at radius 2 is 1.93 bits per heavy atom. The molecule has 15 heavy (non-hydrogen) atoms. The molecule has 0 aliphatic carbocycles. The fourth-order valence-corrected chi connectivity index (χ4v) is 2.91. The molecule has 0 aromatic carbocycles. The molecule has 0 amide bonds. The molecule has 1 N–H and O–H groups in total. The third kappa shape index (κ3) is 2.16. The summed E-state index contributed by atoms with van der Waals surface area (Å²) in [5.41, 5.74) is -0.236. The van der Waals surface area contributed by atoms with E-state index in [1.54, 1.807) is 0 Å². The molecular formula is C11H18O4. The smallest absolute Gasteiger partial charge is 0.332 e. The summed E-state index contributed by atoms with van der Waals surface area (Å²) in [7, 11) is 0. The second-order valence-corrected chi connectivity index (χ2v) is 4.83. The minimum atomic E-state index is -0.835. The van der Waals surface area contributed by atoms with Gasteiger partial charge >= 0.3 is 5.97 Å². The zero-order valence-electron chi connectivity index (χ0n) is 9.23. The van der Waals surface area contributed by atoms with E-state index in [0.29, 0.717) is 6.42 Å². The van der Waals surface area contributed by atoms with Gasteiger partial charge in [-0.1, -0.05) is 0 Å². The van der Waals surface area contributed by atoms with Crippen molar-refractivity contribution in [1.82, 2.24) is 0 Å². The van der Waals surface area contributed by atoms with Crippen LogP contribution in [0.4, 0.5) is 0 Å². The Kier molecular flexibility index (Phi) is 2.73. The number of ether oxygens (including phenoxy) is 2. The summed E-state index contributed by atoms with van der Waals surface area (Å²) < 4.78 is 11.4. The number of carboxylic acid groups (broad SMARTS) is 1. The second-order valence-electron chi connectivity index (χ2n) is 4.83. The van der Waals surface area contributed by atoms with Gasteiger partial charge in [-0.2, -0.15) is 0 Å². The third-order valence-electron chi connectivity index (χ3n) is 3.31. The molecule has 4 heteroatoms. The first kappa shape index (κ1) is 10.9. The molecule has 0 radical (unpaired) electrons. The summed E-state index contributed by atoms with van der Waals surface area (Å²) in [5.74, 6) is -0.835. The summed E-state index contributed by atoms with van der Waals surface area (Å²) in [4.78, 5) is 10.8. The van der Waals surface area contributed by atoms with E-state index in [2.05, 4.69) is 0 Å². The quantitative estimate of drug-likeness (QED) is 0.720. The molecule has 0 saturated carbocycles. The van der Waals surface area contributed by atoms with Crippen molar-refractivity contribution in [2.24, 2.45) is 0 Å². The minimum absolute atomic E-state index is 0.168. The van der Waals surface area contributed by atoms with E-state index >= 15 is 0 Å². The van der Waals surface area contributed by atoms with Gasteiger partial charge in [0.2, 0.25) is 0 Å². The first-order chi connectivity index (χ1) is 7.01. The summed E-state index contributed by atoms with van der Waals surface area (Å²) in [6.07, 6.45) is 2.85. The van der Waals surface area contributed by atoms with E-state index in [-0.39, 0.29) is 17.8 Å². The number of hydrogen-bond acceptors (Lipinski definition) is 3. The molecule has 3 atom stereocenters. The lowest BCUT2D eigenvalue weighted by molar-refractivity contribution is -0.174. The number of carboxylic acids is 1. The van der Waals surface area contributed by atoms with Crippen molar-refractivity contribution < 1.29 is 19.4 Å². The van der Waals surface area contributed by atoms with Crippen molar-refractivity contribution in [1.29, 1.82) is 0 Å². The molecule has 2 rings (SSSR count). The number of aliphatic carboxylic acids is 1. The fraction of sp³-hybridized carbons (Fsp3) is 0.909. The van der Waals surface area contributed by atoms with E-state index < -0.39 is 12.1 Å². The summed E-state index contributed by atoms with van der Waals surface area (Å²) in [6, 6.07) is 0. The van der Waals surface area contributed by atoms with Crippen LogP contribution in [0.15, 0.2) is 0 Å². The van der Waals surface area contributed by atoms with Gasteiger partial charge in [0, 0.05) is 12.8 Å². The SMILES string of the molecule is CC1CC2(CCC(C(=O)O)O2)CC(C)O1. The van der Waals surface area contributed by atoms with Crippen molar-refractivity contribution in [3.8, 4) is 0 Å². The predicted octanol–water partition coefficient (Wildman–Crippen LogP) is 1.58. The van der Waals surface area contributed by atoms with Crippen LogP contribution in [0.5, 0.6) is 0 Å². The van der Waals surface area contributed by atoms with E-state index in [1.165, 1.54) is 0 Å². The van der Waals surface area contributed by atoms with Gasteiger partial charge < -0.3 is 14.6 Å². The van der Waals surface area contributed by atoms with Crippen LogP contribution in [0.3, 0.4) is 0 Å². The van der Waals surface area contributed by atoms with Crippen LogP contribution in [0.2, 0.25) is 0 Å². The molecule has 0 aromatic rings. The maximum absolute atomic E-state index is 10.8. The van der Waals surface area contributed by atoms with E-state index in [9.17, 15) is 4.79 Å². The van der Waals surface area contributed by atoms with Crippen molar-refractivity contribution in [2.75, 3.05) is 0 Å². The van der Waals surface area contributed by atoms with Gasteiger partial charge in [-0.15, -0.1) is 0 Å². The lowest BCUT2D eigenvalue weighted by Gasteiger charge is -2.39. The van der Waals surface area contributed by atoms with Gasteiger partial charge in [-0.3, -0.25) is 0 Å². The lowest BCUT2D eigenvalue weighted by Crippen LogP contribution is -2.44. The molecule has 2 saturated heterocycles. The maximum Gasteiger partial charge on any atom is 0.332 e. The first-order valence-corrected chi connectivity index (χ1v) is 5.57. The summed E-state index contributed by atoms with van der Waals surface area (Å²) in [6.45, 7) is 4.05. The summed E-state index contributed by atoms with van der Waals surface area (Å²) >= 11 is 0. The molecule has 3 unspecified atom stereocenters. The highest BCUT2D eigenvalue weighted by Gasteiger charge is 2.47. The number of carbonyl (C=O) groups is 1. The van der Waals surface area contributed by atoms with Crippen LogP contribution in [-0.4, -0.2) is 35.0 Å². The van der Waals surface area contributed by atoms with Crippen LogP contribution in [0.1, 0.15) is 39.5 Å². The van der Waals surface area contributed by atoms with Crippen LogP contribution in [-0.2, 0) is 14.3 Å². The molecule has 2 heterocycles. The van der Waals surface area contributed by atoms with Gasteiger partial charge in [0.05, 0.1) is 17.8 Å². The Bertz CT molecular complexity index is 253. The molecule has 2 fully saturated rings. The second kappa shape index (κ2) is 3.76.